The number of aryl methyl sites for hydroxylation is 2. The highest BCUT2D eigenvalue weighted by molar-refractivity contribution is 6.30. The maximum Gasteiger partial charge on any atom is 0.312 e. The Balaban J connectivity index is 2.67. The molecule has 2 atom stereocenters. The van der Waals surface area contributed by atoms with E-state index in [0.29, 0.717) is 10.8 Å². The molecular weight excluding hydrogens is 360 g/mol. The van der Waals surface area contributed by atoms with Crippen LogP contribution in [-0.4, -0.2) is 30.0 Å². The minimum Gasteiger partial charge on any atom is -0.480 e. The zero-order valence-corrected chi connectivity index (χ0v) is 16.2. The van der Waals surface area contributed by atoms with E-state index in [0.717, 1.165) is 11.1 Å². The molecule has 5 N–H and O–H groups in total. The van der Waals surface area contributed by atoms with E-state index in [1.165, 1.54) is 0 Å². The van der Waals surface area contributed by atoms with Crippen molar-refractivity contribution < 1.29 is 19.1 Å². The minimum absolute atomic E-state index is 0.215. The smallest absolute Gasteiger partial charge is 0.312 e. The molecule has 0 saturated carbocycles. The molecule has 0 spiro atoms. The van der Waals surface area contributed by atoms with E-state index in [1.54, 1.807) is 32.9 Å². The molecule has 9 heteroatoms. The van der Waals surface area contributed by atoms with Crippen LogP contribution in [0, 0.1) is 19.8 Å². The molecule has 0 saturated heterocycles. The summed E-state index contributed by atoms with van der Waals surface area (Å²) in [6.07, 6.45) is -0.865. The Kier molecular flexibility index (Phi) is 7.70. The Bertz CT molecular complexity index is 670. The van der Waals surface area contributed by atoms with Crippen molar-refractivity contribution in [1.82, 2.24) is 16.2 Å². The van der Waals surface area contributed by atoms with Gasteiger partial charge in [0.05, 0.1) is 0 Å². The number of hydrogen-bond acceptors (Lipinski definition) is 4. The summed E-state index contributed by atoms with van der Waals surface area (Å²) < 4.78 is 5.69. The number of rotatable bonds is 6. The summed E-state index contributed by atoms with van der Waals surface area (Å²) in [6.45, 7) is 8.67. The Labute approximate surface area is 157 Å². The molecule has 0 aliphatic carbocycles. The fraction of sp³-hybridized carbons (Fsp3) is 0.471. The number of hydrazine groups is 1. The molecule has 0 bridgehead atoms. The van der Waals surface area contributed by atoms with Crippen LogP contribution in [0.15, 0.2) is 12.1 Å². The molecule has 144 valence electrons. The predicted octanol–water partition coefficient (Wildman–Crippen LogP) is 1.56. The molecule has 0 heterocycles. The van der Waals surface area contributed by atoms with Crippen LogP contribution in [0.5, 0.6) is 5.75 Å². The van der Waals surface area contributed by atoms with Crippen LogP contribution < -0.4 is 26.6 Å². The van der Waals surface area contributed by atoms with E-state index in [9.17, 15) is 14.4 Å². The number of nitrogens with one attached hydrogen (secondary N) is 3. The Morgan fingerprint density at radius 2 is 1.54 bits per heavy atom. The Morgan fingerprint density at radius 3 is 2.00 bits per heavy atom. The number of halogens is 1. The van der Waals surface area contributed by atoms with Gasteiger partial charge in [-0.3, -0.25) is 20.4 Å². The maximum absolute atomic E-state index is 12.2. The molecule has 8 nitrogen and oxygen atoms in total. The number of carbonyl (C=O) groups excluding carboxylic acids is 3. The predicted molar refractivity (Wildman–Crippen MR) is 98.6 cm³/mol. The van der Waals surface area contributed by atoms with E-state index >= 15 is 0 Å². The number of urea groups is 1. The lowest BCUT2D eigenvalue weighted by molar-refractivity contribution is -0.133. The third-order valence-corrected chi connectivity index (χ3v) is 3.86. The number of amides is 4. The van der Waals surface area contributed by atoms with E-state index in [4.69, 9.17) is 22.1 Å². The van der Waals surface area contributed by atoms with Crippen molar-refractivity contribution in [2.75, 3.05) is 0 Å². The zero-order valence-electron chi connectivity index (χ0n) is 15.5. The SMILES string of the molecule is Cc1cc(Cl)cc(C)c1O[C@H](C)C(=O)NNC(=O)[C@H](NC(N)=O)C(C)C. The third kappa shape index (κ3) is 6.11. The lowest BCUT2D eigenvalue weighted by Crippen LogP contribution is -2.56. The van der Waals surface area contributed by atoms with Gasteiger partial charge in [0.15, 0.2) is 6.10 Å². The van der Waals surface area contributed by atoms with Gasteiger partial charge in [0, 0.05) is 5.02 Å². The molecule has 0 aliphatic heterocycles. The normalized spacial score (nSPS) is 12.9. The summed E-state index contributed by atoms with van der Waals surface area (Å²) in [5.41, 5.74) is 11.2. The van der Waals surface area contributed by atoms with Gasteiger partial charge >= 0.3 is 6.03 Å². The zero-order chi connectivity index (χ0) is 20.0. The fourth-order valence-corrected chi connectivity index (χ4v) is 2.63. The van der Waals surface area contributed by atoms with E-state index in [-0.39, 0.29) is 5.92 Å². The average Bonchev–Trinajstić information content (AvgIpc) is 2.52. The van der Waals surface area contributed by atoms with Crippen molar-refractivity contribution in [1.29, 1.82) is 0 Å². The van der Waals surface area contributed by atoms with Gasteiger partial charge < -0.3 is 15.8 Å². The van der Waals surface area contributed by atoms with Crippen molar-refractivity contribution in [2.24, 2.45) is 11.7 Å². The summed E-state index contributed by atoms with van der Waals surface area (Å²) in [4.78, 5) is 35.2. The van der Waals surface area contributed by atoms with Crippen molar-refractivity contribution in [3.05, 3.63) is 28.3 Å². The van der Waals surface area contributed by atoms with Crippen molar-refractivity contribution >= 4 is 29.4 Å². The number of primary amides is 1. The molecule has 4 amide bonds. The molecule has 0 radical (unpaired) electrons. The lowest BCUT2D eigenvalue weighted by atomic mass is 10.0. The van der Waals surface area contributed by atoms with Crippen LogP contribution in [0.3, 0.4) is 0 Å². The van der Waals surface area contributed by atoms with Crippen LogP contribution in [-0.2, 0) is 9.59 Å². The highest BCUT2D eigenvalue weighted by Gasteiger charge is 2.25. The molecule has 0 fully saturated rings. The molecular formula is C17H25ClN4O4. The molecule has 0 aliphatic rings. The molecule has 26 heavy (non-hydrogen) atoms. The third-order valence-electron chi connectivity index (χ3n) is 3.64. The molecule has 1 rings (SSSR count). The average molecular weight is 385 g/mol. The summed E-state index contributed by atoms with van der Waals surface area (Å²) in [7, 11) is 0. The van der Waals surface area contributed by atoms with Crippen molar-refractivity contribution in [2.45, 2.75) is 46.8 Å². The second-order valence-electron chi connectivity index (χ2n) is 6.34. The molecule has 1 aromatic rings. The second kappa shape index (κ2) is 9.28. The topological polar surface area (TPSA) is 123 Å². The van der Waals surface area contributed by atoms with Gasteiger partial charge in [-0.05, 0) is 49.9 Å². The van der Waals surface area contributed by atoms with Gasteiger partial charge in [-0.25, -0.2) is 4.79 Å². The quantitative estimate of drug-likeness (QED) is 0.556. The van der Waals surface area contributed by atoms with Crippen molar-refractivity contribution in [3.63, 3.8) is 0 Å². The van der Waals surface area contributed by atoms with Crippen LogP contribution >= 0.6 is 11.6 Å². The first-order chi connectivity index (χ1) is 12.0. The number of hydrogen-bond donors (Lipinski definition) is 4. The molecule has 0 aromatic heterocycles. The van der Waals surface area contributed by atoms with Crippen LogP contribution in [0.4, 0.5) is 4.79 Å². The molecule has 0 unspecified atom stereocenters. The monoisotopic (exact) mass is 384 g/mol. The molecule has 1 aromatic carbocycles. The Hall–Kier alpha value is -2.48. The van der Waals surface area contributed by atoms with Gasteiger partial charge in [0.1, 0.15) is 11.8 Å². The summed E-state index contributed by atoms with van der Waals surface area (Å²) >= 11 is 5.98. The number of carbonyl (C=O) groups is 3. The van der Waals surface area contributed by atoms with Gasteiger partial charge in [-0.15, -0.1) is 0 Å². The fourth-order valence-electron chi connectivity index (χ4n) is 2.30. The van der Waals surface area contributed by atoms with E-state index < -0.39 is 30.0 Å². The first kappa shape index (κ1) is 21.6. The second-order valence-corrected chi connectivity index (χ2v) is 6.77. The van der Waals surface area contributed by atoms with Crippen molar-refractivity contribution in [3.8, 4) is 5.75 Å². The van der Waals surface area contributed by atoms with Gasteiger partial charge in [0.25, 0.3) is 11.8 Å². The lowest BCUT2D eigenvalue weighted by Gasteiger charge is -2.22. The number of nitrogens with two attached hydrogens (primary N) is 1. The highest BCUT2D eigenvalue weighted by Crippen LogP contribution is 2.27. The van der Waals surface area contributed by atoms with Gasteiger partial charge in [0.2, 0.25) is 0 Å². The van der Waals surface area contributed by atoms with Crippen LogP contribution in [0.25, 0.3) is 0 Å². The first-order valence-electron chi connectivity index (χ1n) is 8.12. The largest absolute Gasteiger partial charge is 0.480 e. The summed E-state index contributed by atoms with van der Waals surface area (Å²) in [5, 5.41) is 2.91. The van der Waals surface area contributed by atoms with E-state index in [2.05, 4.69) is 16.2 Å². The summed E-state index contributed by atoms with van der Waals surface area (Å²) in [5.74, 6) is -0.793. The highest BCUT2D eigenvalue weighted by atomic mass is 35.5. The van der Waals surface area contributed by atoms with Gasteiger partial charge in [-0.2, -0.15) is 0 Å². The number of benzene rings is 1. The standard InChI is InChI=1S/C17H25ClN4O4/c1-8(2)13(20-17(19)25)16(24)22-21-15(23)11(5)26-14-9(3)6-12(18)7-10(14)4/h6-8,11,13H,1-5H3,(H,21,23)(H,22,24)(H3,19,20,25)/t11-,13-/m1/s1. The first-order valence-corrected chi connectivity index (χ1v) is 8.49. The van der Waals surface area contributed by atoms with Gasteiger partial charge in [-0.1, -0.05) is 25.4 Å². The van der Waals surface area contributed by atoms with Crippen LogP contribution in [0.1, 0.15) is 31.9 Å². The van der Waals surface area contributed by atoms with Crippen LogP contribution in [0.2, 0.25) is 5.02 Å². The number of ether oxygens (including phenoxy) is 1. The Morgan fingerprint density at radius 1 is 1.04 bits per heavy atom. The summed E-state index contributed by atoms with van der Waals surface area (Å²) in [6, 6.07) is 1.78. The maximum atomic E-state index is 12.2. The van der Waals surface area contributed by atoms with E-state index in [1.807, 2.05) is 13.8 Å². The minimum atomic E-state index is -0.871.